The van der Waals surface area contributed by atoms with Gasteiger partial charge in [0.2, 0.25) is 5.91 Å². The number of carbonyl (C=O) groups excluding carboxylic acids is 2. The fraction of sp³-hybridized carbons (Fsp3) is 0.429. The number of amides is 2. The van der Waals surface area contributed by atoms with E-state index in [2.05, 4.69) is 10.6 Å². The van der Waals surface area contributed by atoms with Crippen LogP contribution in [0.15, 0.2) is 24.3 Å². The van der Waals surface area contributed by atoms with Gasteiger partial charge in [0.1, 0.15) is 5.75 Å². The summed E-state index contributed by atoms with van der Waals surface area (Å²) in [5.74, 6) is 0.339. The minimum absolute atomic E-state index is 0.00837. The number of nitrogens with one attached hydrogen (secondary N) is 2. The zero-order valence-corrected chi connectivity index (χ0v) is 11.4. The van der Waals surface area contributed by atoms with Crippen molar-refractivity contribution >= 4 is 11.8 Å². The van der Waals surface area contributed by atoms with Crippen LogP contribution in [0.1, 0.15) is 30.1 Å². The van der Waals surface area contributed by atoms with E-state index in [1.165, 1.54) is 7.11 Å². The Kier molecular flexibility index (Phi) is 6.43. The van der Waals surface area contributed by atoms with E-state index < -0.39 is 0 Å². The van der Waals surface area contributed by atoms with Crippen LogP contribution in [-0.2, 0) is 4.79 Å². The molecule has 1 rings (SSSR count). The van der Waals surface area contributed by atoms with E-state index in [4.69, 9.17) is 4.74 Å². The van der Waals surface area contributed by atoms with Gasteiger partial charge < -0.3 is 15.4 Å². The minimum Gasteiger partial charge on any atom is -0.496 e. The quantitative estimate of drug-likeness (QED) is 0.730. The van der Waals surface area contributed by atoms with E-state index in [1.807, 2.05) is 6.92 Å². The molecule has 0 bridgehead atoms. The van der Waals surface area contributed by atoms with Crippen LogP contribution in [0.2, 0.25) is 0 Å². The second-order valence-electron chi connectivity index (χ2n) is 4.06. The molecule has 5 nitrogen and oxygen atoms in total. The predicted molar refractivity (Wildman–Crippen MR) is 73.2 cm³/mol. The van der Waals surface area contributed by atoms with E-state index in [0.29, 0.717) is 30.8 Å². The highest BCUT2D eigenvalue weighted by Gasteiger charge is 2.10. The smallest absolute Gasteiger partial charge is 0.255 e. The Labute approximate surface area is 113 Å². The molecule has 0 radical (unpaired) electrons. The standard InChI is InChI=1S/C14H20N2O3/c1-3-6-13(17)15-9-10-16-14(18)11-7-4-5-8-12(11)19-2/h4-5,7-8H,3,6,9-10H2,1-2H3,(H,15,17)(H,16,18). The van der Waals surface area contributed by atoms with Crippen LogP contribution in [0.25, 0.3) is 0 Å². The number of hydrogen-bond acceptors (Lipinski definition) is 3. The van der Waals surface area contributed by atoms with Crippen LogP contribution in [0, 0.1) is 0 Å². The van der Waals surface area contributed by atoms with Crippen molar-refractivity contribution in [2.75, 3.05) is 20.2 Å². The van der Waals surface area contributed by atoms with Crippen molar-refractivity contribution in [2.24, 2.45) is 0 Å². The molecule has 5 heteroatoms. The highest BCUT2D eigenvalue weighted by Crippen LogP contribution is 2.16. The first-order chi connectivity index (χ1) is 9.19. The summed E-state index contributed by atoms with van der Waals surface area (Å²) in [7, 11) is 1.52. The summed E-state index contributed by atoms with van der Waals surface area (Å²) in [5, 5.41) is 5.47. The summed E-state index contributed by atoms with van der Waals surface area (Å²) in [6.45, 7) is 2.77. The SMILES string of the molecule is CCCC(=O)NCCNC(=O)c1ccccc1OC. The lowest BCUT2D eigenvalue weighted by Gasteiger charge is -2.09. The number of methoxy groups -OCH3 is 1. The summed E-state index contributed by atoms with van der Waals surface area (Å²) < 4.78 is 5.11. The van der Waals surface area contributed by atoms with E-state index in [0.717, 1.165) is 6.42 Å². The molecule has 0 spiro atoms. The van der Waals surface area contributed by atoms with Gasteiger partial charge in [-0.25, -0.2) is 0 Å². The molecule has 0 aliphatic rings. The summed E-state index contributed by atoms with van der Waals surface area (Å²) in [6.07, 6.45) is 1.33. The van der Waals surface area contributed by atoms with Gasteiger partial charge in [-0.3, -0.25) is 9.59 Å². The largest absolute Gasteiger partial charge is 0.496 e. The fourth-order valence-electron chi connectivity index (χ4n) is 1.62. The van der Waals surface area contributed by atoms with Gasteiger partial charge in [-0.05, 0) is 18.6 Å². The van der Waals surface area contributed by atoms with E-state index >= 15 is 0 Å². The van der Waals surface area contributed by atoms with E-state index in [1.54, 1.807) is 24.3 Å². The third-order valence-corrected chi connectivity index (χ3v) is 2.56. The molecule has 104 valence electrons. The molecule has 0 saturated heterocycles. The Morgan fingerprint density at radius 1 is 1.16 bits per heavy atom. The molecule has 1 aromatic rings. The molecular weight excluding hydrogens is 244 g/mol. The fourth-order valence-corrected chi connectivity index (χ4v) is 1.62. The van der Waals surface area contributed by atoms with Crippen LogP contribution in [0.5, 0.6) is 5.75 Å². The third-order valence-electron chi connectivity index (χ3n) is 2.56. The number of rotatable bonds is 7. The second kappa shape index (κ2) is 8.13. The van der Waals surface area contributed by atoms with Gasteiger partial charge in [-0.1, -0.05) is 19.1 Å². The molecular formula is C14H20N2O3. The lowest BCUT2D eigenvalue weighted by atomic mass is 10.2. The Morgan fingerprint density at radius 3 is 2.53 bits per heavy atom. The van der Waals surface area contributed by atoms with Crippen molar-refractivity contribution in [2.45, 2.75) is 19.8 Å². The topological polar surface area (TPSA) is 67.4 Å². The Bertz CT molecular complexity index is 432. The molecule has 0 aliphatic carbocycles. The van der Waals surface area contributed by atoms with E-state index in [-0.39, 0.29) is 11.8 Å². The molecule has 0 atom stereocenters. The van der Waals surface area contributed by atoms with Crippen molar-refractivity contribution in [3.63, 3.8) is 0 Å². The molecule has 2 amide bonds. The summed E-state index contributed by atoms with van der Waals surface area (Å²) >= 11 is 0. The molecule has 0 unspecified atom stereocenters. The average molecular weight is 264 g/mol. The normalized spacial score (nSPS) is 9.79. The lowest BCUT2D eigenvalue weighted by Crippen LogP contribution is -2.34. The molecule has 0 heterocycles. The molecule has 0 fully saturated rings. The van der Waals surface area contributed by atoms with Gasteiger partial charge in [0.15, 0.2) is 0 Å². The monoisotopic (exact) mass is 264 g/mol. The molecule has 19 heavy (non-hydrogen) atoms. The molecule has 0 saturated carbocycles. The van der Waals surface area contributed by atoms with Crippen molar-refractivity contribution in [3.8, 4) is 5.75 Å². The van der Waals surface area contributed by atoms with Crippen LogP contribution in [-0.4, -0.2) is 32.0 Å². The summed E-state index contributed by atoms with van der Waals surface area (Å²) in [6, 6.07) is 7.02. The van der Waals surface area contributed by atoms with Gasteiger partial charge in [-0.15, -0.1) is 0 Å². The van der Waals surface area contributed by atoms with Crippen LogP contribution in [0.3, 0.4) is 0 Å². The molecule has 2 N–H and O–H groups in total. The molecule has 0 aliphatic heterocycles. The van der Waals surface area contributed by atoms with Gasteiger partial charge >= 0.3 is 0 Å². The van der Waals surface area contributed by atoms with Gasteiger partial charge in [0.25, 0.3) is 5.91 Å². The first-order valence-electron chi connectivity index (χ1n) is 6.37. The Balaban J connectivity index is 2.37. The maximum absolute atomic E-state index is 11.9. The van der Waals surface area contributed by atoms with Gasteiger partial charge in [0, 0.05) is 19.5 Å². The number of para-hydroxylation sites is 1. The van der Waals surface area contributed by atoms with Crippen molar-refractivity contribution in [1.29, 1.82) is 0 Å². The summed E-state index contributed by atoms with van der Waals surface area (Å²) in [5.41, 5.74) is 0.491. The molecule has 0 aromatic heterocycles. The number of hydrogen-bond donors (Lipinski definition) is 2. The van der Waals surface area contributed by atoms with Crippen molar-refractivity contribution in [3.05, 3.63) is 29.8 Å². The first-order valence-corrected chi connectivity index (χ1v) is 6.37. The molecule has 1 aromatic carbocycles. The lowest BCUT2D eigenvalue weighted by molar-refractivity contribution is -0.121. The maximum atomic E-state index is 11.9. The number of benzene rings is 1. The predicted octanol–water partition coefficient (Wildman–Crippen LogP) is 1.34. The minimum atomic E-state index is -0.206. The highest BCUT2D eigenvalue weighted by molar-refractivity contribution is 5.96. The van der Waals surface area contributed by atoms with Crippen molar-refractivity contribution < 1.29 is 14.3 Å². The Hall–Kier alpha value is -2.04. The number of carbonyl (C=O) groups is 2. The van der Waals surface area contributed by atoms with Crippen LogP contribution >= 0.6 is 0 Å². The first kappa shape index (κ1) is 15.0. The Morgan fingerprint density at radius 2 is 1.84 bits per heavy atom. The third kappa shape index (κ3) is 4.99. The second-order valence-corrected chi connectivity index (χ2v) is 4.06. The zero-order chi connectivity index (χ0) is 14.1. The van der Waals surface area contributed by atoms with Crippen LogP contribution in [0.4, 0.5) is 0 Å². The van der Waals surface area contributed by atoms with Crippen molar-refractivity contribution in [1.82, 2.24) is 10.6 Å². The highest BCUT2D eigenvalue weighted by atomic mass is 16.5. The zero-order valence-electron chi connectivity index (χ0n) is 11.4. The number of ether oxygens (including phenoxy) is 1. The maximum Gasteiger partial charge on any atom is 0.255 e. The average Bonchev–Trinajstić information content (AvgIpc) is 2.43. The summed E-state index contributed by atoms with van der Waals surface area (Å²) in [4.78, 5) is 23.1. The van der Waals surface area contributed by atoms with E-state index in [9.17, 15) is 9.59 Å². The van der Waals surface area contributed by atoms with Gasteiger partial charge in [0.05, 0.1) is 12.7 Å². The van der Waals surface area contributed by atoms with Crippen LogP contribution < -0.4 is 15.4 Å². The van der Waals surface area contributed by atoms with Gasteiger partial charge in [-0.2, -0.15) is 0 Å².